The Balaban J connectivity index is 2.23. The van der Waals surface area contributed by atoms with Crippen LogP contribution in [0.25, 0.3) is 10.2 Å². The largest absolute Gasteiger partial charge is 0.394 e. The average molecular weight is 278 g/mol. The Kier molecular flexibility index (Phi) is 3.41. The Morgan fingerprint density at radius 2 is 2.26 bits per heavy atom. The first-order valence-corrected chi connectivity index (χ1v) is 7.70. The first-order valence-electron chi connectivity index (χ1n) is 6.88. The van der Waals surface area contributed by atoms with E-state index in [9.17, 15) is 9.90 Å². The Hall–Kier alpha value is -1.20. The van der Waals surface area contributed by atoms with Crippen LogP contribution >= 0.6 is 11.3 Å². The molecule has 0 amide bonds. The summed E-state index contributed by atoms with van der Waals surface area (Å²) in [5.41, 5.74) is 1.23. The van der Waals surface area contributed by atoms with Gasteiger partial charge in [-0.25, -0.2) is 4.98 Å². The minimum Gasteiger partial charge on any atom is -0.394 e. The predicted molar refractivity (Wildman–Crippen MR) is 76.9 cm³/mol. The zero-order valence-corrected chi connectivity index (χ0v) is 11.9. The minimum atomic E-state index is -0.163. The number of thiophene rings is 1. The number of aliphatic hydroxyl groups is 1. The molecule has 1 atom stereocenters. The Bertz CT molecular complexity index is 655. The van der Waals surface area contributed by atoms with Gasteiger partial charge in [0.15, 0.2) is 0 Å². The molecule has 0 aromatic carbocycles. The van der Waals surface area contributed by atoms with Gasteiger partial charge in [0.25, 0.3) is 5.56 Å². The zero-order chi connectivity index (χ0) is 13.4. The van der Waals surface area contributed by atoms with Crippen molar-refractivity contribution in [1.82, 2.24) is 9.55 Å². The third-order valence-corrected chi connectivity index (χ3v) is 5.18. The number of fused-ring (bicyclic) bond motifs is 3. The summed E-state index contributed by atoms with van der Waals surface area (Å²) in [4.78, 5) is 19.3. The molecule has 19 heavy (non-hydrogen) atoms. The van der Waals surface area contributed by atoms with E-state index in [1.54, 1.807) is 22.2 Å². The fourth-order valence-electron chi connectivity index (χ4n) is 2.83. The third-order valence-electron chi connectivity index (χ3n) is 3.98. The van der Waals surface area contributed by atoms with Crippen molar-refractivity contribution >= 4 is 21.6 Å². The van der Waals surface area contributed by atoms with E-state index >= 15 is 0 Å². The van der Waals surface area contributed by atoms with Crippen LogP contribution in [0.3, 0.4) is 0 Å². The van der Waals surface area contributed by atoms with Crippen LogP contribution < -0.4 is 5.56 Å². The van der Waals surface area contributed by atoms with Crippen molar-refractivity contribution in [1.29, 1.82) is 0 Å². The number of nitrogens with zero attached hydrogens (tertiary/aromatic N) is 2. The van der Waals surface area contributed by atoms with E-state index < -0.39 is 0 Å². The van der Waals surface area contributed by atoms with Crippen LogP contribution in [0, 0.1) is 0 Å². The van der Waals surface area contributed by atoms with Crippen molar-refractivity contribution in [2.75, 3.05) is 6.61 Å². The smallest absolute Gasteiger partial charge is 0.262 e. The normalized spacial score (nSPS) is 16.5. The van der Waals surface area contributed by atoms with Gasteiger partial charge in [-0.1, -0.05) is 6.92 Å². The second-order valence-corrected chi connectivity index (χ2v) is 6.18. The van der Waals surface area contributed by atoms with Crippen LogP contribution in [0.2, 0.25) is 0 Å². The molecule has 0 saturated heterocycles. The van der Waals surface area contributed by atoms with Crippen LogP contribution in [0.15, 0.2) is 11.1 Å². The standard InChI is InChI=1S/C14H18N2O2S/c1-2-9(7-17)16-8-15-13-12(14(16)18)10-5-3-4-6-11(10)19-13/h8-9,17H,2-7H2,1H3/t9-/m0/s1. The fraction of sp³-hybridized carbons (Fsp3) is 0.571. The molecule has 1 aliphatic rings. The van der Waals surface area contributed by atoms with E-state index in [1.165, 1.54) is 16.9 Å². The molecule has 4 nitrogen and oxygen atoms in total. The lowest BCUT2D eigenvalue weighted by molar-refractivity contribution is 0.221. The van der Waals surface area contributed by atoms with Crippen LogP contribution in [-0.4, -0.2) is 21.3 Å². The SMILES string of the molecule is CC[C@@H](CO)n1cnc2sc3c(c2c1=O)CCCC3. The van der Waals surface area contributed by atoms with Crippen molar-refractivity contribution in [2.45, 2.75) is 45.1 Å². The predicted octanol–water partition coefficient (Wildman–Crippen LogP) is 2.28. The van der Waals surface area contributed by atoms with Crippen molar-refractivity contribution in [3.8, 4) is 0 Å². The van der Waals surface area contributed by atoms with Gasteiger partial charge in [-0.3, -0.25) is 9.36 Å². The number of hydrogen-bond donors (Lipinski definition) is 1. The summed E-state index contributed by atoms with van der Waals surface area (Å²) in [6, 6.07) is -0.163. The number of rotatable bonds is 3. The lowest BCUT2D eigenvalue weighted by Gasteiger charge is -2.15. The summed E-state index contributed by atoms with van der Waals surface area (Å²) in [6.07, 6.45) is 6.76. The van der Waals surface area contributed by atoms with Gasteiger partial charge in [-0.2, -0.15) is 0 Å². The van der Waals surface area contributed by atoms with Crippen LogP contribution in [-0.2, 0) is 12.8 Å². The highest BCUT2D eigenvalue weighted by Crippen LogP contribution is 2.33. The monoisotopic (exact) mass is 278 g/mol. The molecular formula is C14H18N2O2S. The average Bonchev–Trinajstić information content (AvgIpc) is 2.81. The van der Waals surface area contributed by atoms with Crippen LogP contribution in [0.4, 0.5) is 0 Å². The maximum absolute atomic E-state index is 12.6. The molecule has 0 saturated carbocycles. The molecule has 5 heteroatoms. The molecule has 0 unspecified atom stereocenters. The van der Waals surface area contributed by atoms with Crippen LogP contribution in [0.1, 0.15) is 42.7 Å². The van der Waals surface area contributed by atoms with Gasteiger partial charge in [-0.05, 0) is 37.7 Å². The van der Waals surface area contributed by atoms with Gasteiger partial charge < -0.3 is 5.11 Å². The van der Waals surface area contributed by atoms with Crippen molar-refractivity contribution < 1.29 is 5.11 Å². The summed E-state index contributed by atoms with van der Waals surface area (Å²) in [5, 5.41) is 10.2. The summed E-state index contributed by atoms with van der Waals surface area (Å²) in [6.45, 7) is 1.95. The molecule has 3 rings (SSSR count). The highest BCUT2D eigenvalue weighted by molar-refractivity contribution is 7.18. The highest BCUT2D eigenvalue weighted by Gasteiger charge is 2.21. The molecule has 0 radical (unpaired) electrons. The minimum absolute atomic E-state index is 0.0179. The van der Waals surface area contributed by atoms with Gasteiger partial charge in [0.2, 0.25) is 0 Å². The maximum Gasteiger partial charge on any atom is 0.262 e. The number of aromatic nitrogens is 2. The van der Waals surface area contributed by atoms with E-state index in [-0.39, 0.29) is 18.2 Å². The second-order valence-electron chi connectivity index (χ2n) is 5.09. The van der Waals surface area contributed by atoms with E-state index in [2.05, 4.69) is 4.98 Å². The third kappa shape index (κ3) is 2.01. The van der Waals surface area contributed by atoms with E-state index in [4.69, 9.17) is 0 Å². The van der Waals surface area contributed by atoms with E-state index in [1.807, 2.05) is 6.92 Å². The first-order chi connectivity index (χ1) is 9.26. The van der Waals surface area contributed by atoms with Crippen LogP contribution in [0.5, 0.6) is 0 Å². The summed E-state index contributed by atoms with van der Waals surface area (Å²) in [7, 11) is 0. The van der Waals surface area contributed by atoms with Gasteiger partial charge in [-0.15, -0.1) is 11.3 Å². The molecule has 0 fully saturated rings. The number of hydrogen-bond acceptors (Lipinski definition) is 4. The quantitative estimate of drug-likeness (QED) is 0.937. The zero-order valence-electron chi connectivity index (χ0n) is 11.1. The molecule has 102 valence electrons. The summed E-state index contributed by atoms with van der Waals surface area (Å²) >= 11 is 1.66. The van der Waals surface area contributed by atoms with Crippen molar-refractivity contribution in [2.24, 2.45) is 0 Å². The molecular weight excluding hydrogens is 260 g/mol. The number of aliphatic hydroxyl groups excluding tert-OH is 1. The molecule has 0 spiro atoms. The Morgan fingerprint density at radius 1 is 1.47 bits per heavy atom. The molecule has 1 aliphatic carbocycles. The molecule has 2 aromatic heterocycles. The molecule has 1 N–H and O–H groups in total. The topological polar surface area (TPSA) is 55.1 Å². The fourth-order valence-corrected chi connectivity index (χ4v) is 4.05. The van der Waals surface area contributed by atoms with Gasteiger partial charge >= 0.3 is 0 Å². The second kappa shape index (κ2) is 5.06. The van der Waals surface area contributed by atoms with Gasteiger partial charge in [0.05, 0.1) is 24.4 Å². The molecule has 2 aromatic rings. The summed E-state index contributed by atoms with van der Waals surface area (Å²) < 4.78 is 1.60. The lowest BCUT2D eigenvalue weighted by Crippen LogP contribution is -2.27. The van der Waals surface area contributed by atoms with Gasteiger partial charge in [0, 0.05) is 4.88 Å². The molecule has 0 aliphatic heterocycles. The van der Waals surface area contributed by atoms with Crippen molar-refractivity contribution in [3.63, 3.8) is 0 Å². The molecule has 2 heterocycles. The number of aryl methyl sites for hydroxylation is 2. The molecule has 0 bridgehead atoms. The Labute approximate surface area is 115 Å². The Morgan fingerprint density at radius 3 is 3.00 bits per heavy atom. The van der Waals surface area contributed by atoms with E-state index in [0.29, 0.717) is 0 Å². The van der Waals surface area contributed by atoms with Gasteiger partial charge in [0.1, 0.15) is 4.83 Å². The highest BCUT2D eigenvalue weighted by atomic mass is 32.1. The van der Waals surface area contributed by atoms with E-state index in [0.717, 1.165) is 35.9 Å². The first kappa shape index (κ1) is 12.8. The lowest BCUT2D eigenvalue weighted by atomic mass is 9.97. The summed E-state index contributed by atoms with van der Waals surface area (Å²) in [5.74, 6) is 0. The maximum atomic E-state index is 12.6. The van der Waals surface area contributed by atoms with Crippen molar-refractivity contribution in [3.05, 3.63) is 27.1 Å².